The number of hydrogen-bond donors (Lipinski definition) is 1. The summed E-state index contributed by atoms with van der Waals surface area (Å²) in [5.41, 5.74) is 0. The summed E-state index contributed by atoms with van der Waals surface area (Å²) < 4.78 is 23.8. The largest absolute Gasteiger partial charge is 0.486 e. The molecule has 2 aromatic rings. The van der Waals surface area contributed by atoms with Crippen molar-refractivity contribution in [1.29, 1.82) is 0 Å². The molecule has 132 valence electrons. The lowest BCUT2D eigenvalue weighted by Crippen LogP contribution is -2.48. The highest BCUT2D eigenvalue weighted by molar-refractivity contribution is 5.91. The first-order valence-corrected chi connectivity index (χ1v) is 8.03. The fourth-order valence-corrected chi connectivity index (χ4v) is 2.65. The van der Waals surface area contributed by atoms with Crippen molar-refractivity contribution in [2.75, 3.05) is 13.6 Å². The fraction of sp³-hybridized carbons (Fsp3) is 0.333. The number of benzene rings is 1. The number of likely N-dealkylation sites (N-methyl/N-ethyl adjacent to an activating group) is 1. The maximum Gasteiger partial charge on any atom is 0.287 e. The normalized spacial score (nSPS) is 17.4. The summed E-state index contributed by atoms with van der Waals surface area (Å²) in [5.74, 6) is 0.630. The van der Waals surface area contributed by atoms with Gasteiger partial charge in [0.05, 0.1) is 0 Å². The molecule has 1 saturated heterocycles. The van der Waals surface area contributed by atoms with Crippen LogP contribution >= 0.6 is 0 Å². The lowest BCUT2D eigenvalue weighted by atomic mass is 10.1. The molecule has 7 heteroatoms. The first-order chi connectivity index (χ1) is 12.0. The van der Waals surface area contributed by atoms with Gasteiger partial charge in [-0.05, 0) is 42.8 Å². The first-order valence-electron chi connectivity index (χ1n) is 8.03. The molecule has 0 bridgehead atoms. The summed E-state index contributed by atoms with van der Waals surface area (Å²) >= 11 is 0. The van der Waals surface area contributed by atoms with Gasteiger partial charge in [-0.2, -0.15) is 0 Å². The predicted molar refractivity (Wildman–Crippen MR) is 87.6 cm³/mol. The van der Waals surface area contributed by atoms with Crippen LogP contribution in [-0.2, 0) is 11.4 Å². The summed E-state index contributed by atoms with van der Waals surface area (Å²) in [6.07, 6.45) is 1.05. The van der Waals surface area contributed by atoms with Crippen LogP contribution in [0.15, 0.2) is 40.8 Å². The molecule has 0 saturated carbocycles. The van der Waals surface area contributed by atoms with E-state index < -0.39 is 0 Å². The maximum atomic E-state index is 12.8. The van der Waals surface area contributed by atoms with Gasteiger partial charge >= 0.3 is 0 Å². The molecule has 6 nitrogen and oxygen atoms in total. The Morgan fingerprint density at radius 2 is 2.08 bits per heavy atom. The summed E-state index contributed by atoms with van der Waals surface area (Å²) in [6, 6.07) is 8.81. The number of halogens is 1. The Morgan fingerprint density at radius 1 is 1.32 bits per heavy atom. The molecular weight excluding hydrogens is 327 g/mol. The number of furan rings is 1. The number of hydrogen-bond acceptors (Lipinski definition) is 4. The SMILES string of the molecule is CN1C[C@@H](NC(=O)c2ccc(COc3ccc(F)cc3)o2)CCC1=O. The molecule has 0 unspecified atom stereocenters. The summed E-state index contributed by atoms with van der Waals surface area (Å²) in [4.78, 5) is 25.3. The Kier molecular flexibility index (Phi) is 5.02. The van der Waals surface area contributed by atoms with E-state index in [-0.39, 0.29) is 36.0 Å². The van der Waals surface area contributed by atoms with E-state index in [1.807, 2.05) is 0 Å². The van der Waals surface area contributed by atoms with E-state index in [2.05, 4.69) is 5.32 Å². The van der Waals surface area contributed by atoms with E-state index in [4.69, 9.17) is 9.15 Å². The molecule has 2 heterocycles. The molecule has 1 N–H and O–H groups in total. The molecule has 1 aromatic carbocycles. The van der Waals surface area contributed by atoms with E-state index >= 15 is 0 Å². The van der Waals surface area contributed by atoms with Crippen molar-refractivity contribution in [2.45, 2.75) is 25.5 Å². The van der Waals surface area contributed by atoms with Gasteiger partial charge in [0.15, 0.2) is 5.76 Å². The fourth-order valence-electron chi connectivity index (χ4n) is 2.65. The Bertz CT molecular complexity index is 757. The second kappa shape index (κ2) is 7.38. The number of likely N-dealkylation sites (tertiary alicyclic amines) is 1. The highest BCUT2D eigenvalue weighted by atomic mass is 19.1. The van der Waals surface area contributed by atoms with Gasteiger partial charge in [0.2, 0.25) is 5.91 Å². The zero-order valence-electron chi connectivity index (χ0n) is 13.8. The van der Waals surface area contributed by atoms with Crippen LogP contribution < -0.4 is 10.1 Å². The zero-order chi connectivity index (χ0) is 17.8. The lowest BCUT2D eigenvalue weighted by molar-refractivity contribution is -0.132. The van der Waals surface area contributed by atoms with E-state index in [0.717, 1.165) is 0 Å². The standard InChI is InChI=1S/C18H19FN2O4/c1-21-10-13(4-9-17(21)22)20-18(23)16-8-7-15(25-16)11-24-14-5-2-12(19)3-6-14/h2-3,5-8,13H,4,9-11H2,1H3,(H,20,23)/t13-/m0/s1. The van der Waals surface area contributed by atoms with Crippen LogP contribution in [0.1, 0.15) is 29.2 Å². The Balaban J connectivity index is 1.52. The van der Waals surface area contributed by atoms with Gasteiger partial charge in [0.1, 0.15) is 23.9 Å². The summed E-state index contributed by atoms with van der Waals surface area (Å²) in [6.45, 7) is 0.630. The second-order valence-corrected chi connectivity index (χ2v) is 5.99. The average molecular weight is 346 g/mol. The van der Waals surface area contributed by atoms with Crippen molar-refractivity contribution >= 4 is 11.8 Å². The highest BCUT2D eigenvalue weighted by Gasteiger charge is 2.25. The van der Waals surface area contributed by atoms with E-state index in [0.29, 0.717) is 30.9 Å². The van der Waals surface area contributed by atoms with Crippen LogP contribution in [0, 0.1) is 5.82 Å². The number of carbonyl (C=O) groups is 2. The third-order valence-electron chi connectivity index (χ3n) is 4.04. The third-order valence-corrected chi connectivity index (χ3v) is 4.04. The minimum absolute atomic E-state index is 0.0841. The van der Waals surface area contributed by atoms with Crippen LogP contribution in [0.4, 0.5) is 4.39 Å². The van der Waals surface area contributed by atoms with Crippen LogP contribution in [0.2, 0.25) is 0 Å². The van der Waals surface area contributed by atoms with Gasteiger partial charge in [0, 0.05) is 26.1 Å². The maximum absolute atomic E-state index is 12.8. The molecule has 1 aliphatic heterocycles. The van der Waals surface area contributed by atoms with Crippen molar-refractivity contribution in [3.05, 3.63) is 53.7 Å². The molecule has 0 radical (unpaired) electrons. The van der Waals surface area contributed by atoms with Crippen molar-refractivity contribution in [3.63, 3.8) is 0 Å². The Labute approximate surface area is 144 Å². The highest BCUT2D eigenvalue weighted by Crippen LogP contribution is 2.16. The quantitative estimate of drug-likeness (QED) is 0.902. The molecule has 1 fully saturated rings. The van der Waals surface area contributed by atoms with Gasteiger partial charge in [-0.1, -0.05) is 0 Å². The first kappa shape index (κ1) is 17.0. The molecule has 0 aliphatic carbocycles. The smallest absolute Gasteiger partial charge is 0.287 e. The van der Waals surface area contributed by atoms with E-state index in [9.17, 15) is 14.0 Å². The number of piperidine rings is 1. The minimum atomic E-state index is -0.334. The van der Waals surface area contributed by atoms with Crippen molar-refractivity contribution < 1.29 is 23.1 Å². The molecule has 2 amide bonds. The second-order valence-electron chi connectivity index (χ2n) is 5.99. The lowest BCUT2D eigenvalue weighted by Gasteiger charge is -2.29. The molecule has 25 heavy (non-hydrogen) atoms. The summed E-state index contributed by atoms with van der Waals surface area (Å²) in [5, 5.41) is 2.87. The Hall–Kier alpha value is -2.83. The van der Waals surface area contributed by atoms with Gasteiger partial charge < -0.3 is 19.4 Å². The van der Waals surface area contributed by atoms with Gasteiger partial charge in [-0.3, -0.25) is 9.59 Å². The Morgan fingerprint density at radius 3 is 2.80 bits per heavy atom. The number of nitrogens with zero attached hydrogens (tertiary/aromatic N) is 1. The van der Waals surface area contributed by atoms with Crippen molar-refractivity contribution in [1.82, 2.24) is 10.2 Å². The van der Waals surface area contributed by atoms with Crippen LogP contribution in [0.25, 0.3) is 0 Å². The summed E-state index contributed by atoms with van der Waals surface area (Å²) in [7, 11) is 1.72. The number of rotatable bonds is 5. The average Bonchev–Trinajstić information content (AvgIpc) is 3.07. The van der Waals surface area contributed by atoms with E-state index in [1.54, 1.807) is 24.1 Å². The van der Waals surface area contributed by atoms with Gasteiger partial charge in [0.25, 0.3) is 5.91 Å². The van der Waals surface area contributed by atoms with Crippen molar-refractivity contribution in [3.8, 4) is 5.75 Å². The van der Waals surface area contributed by atoms with Crippen LogP contribution in [0.3, 0.4) is 0 Å². The predicted octanol–water partition coefficient (Wildman–Crippen LogP) is 2.35. The van der Waals surface area contributed by atoms with Gasteiger partial charge in [-0.25, -0.2) is 4.39 Å². The molecule has 1 atom stereocenters. The molecule has 0 spiro atoms. The third kappa shape index (κ3) is 4.37. The monoisotopic (exact) mass is 346 g/mol. The number of nitrogens with one attached hydrogen (secondary N) is 1. The number of amides is 2. The van der Waals surface area contributed by atoms with Crippen LogP contribution in [0.5, 0.6) is 5.75 Å². The molecule has 1 aliphatic rings. The molecule has 1 aromatic heterocycles. The topological polar surface area (TPSA) is 71.8 Å². The molecule has 3 rings (SSSR count). The van der Waals surface area contributed by atoms with E-state index in [1.165, 1.54) is 24.3 Å². The zero-order valence-corrected chi connectivity index (χ0v) is 13.8. The number of carbonyl (C=O) groups excluding carboxylic acids is 2. The minimum Gasteiger partial charge on any atom is -0.486 e. The number of ether oxygens (including phenoxy) is 1. The van der Waals surface area contributed by atoms with Gasteiger partial charge in [-0.15, -0.1) is 0 Å². The molecular formula is C18H19FN2O4. The van der Waals surface area contributed by atoms with Crippen LogP contribution in [-0.4, -0.2) is 36.3 Å². The van der Waals surface area contributed by atoms with Crippen molar-refractivity contribution in [2.24, 2.45) is 0 Å².